The molecule has 6 nitrogen and oxygen atoms in total. The van der Waals surface area contributed by atoms with E-state index in [1.54, 1.807) is 13.2 Å². The highest BCUT2D eigenvalue weighted by Gasteiger charge is 2.33. The van der Waals surface area contributed by atoms with Gasteiger partial charge in [-0.05, 0) is 42.5 Å². The average molecular weight is 405 g/mol. The van der Waals surface area contributed by atoms with Crippen LogP contribution in [0.15, 0.2) is 53.3 Å². The quantitative estimate of drug-likeness (QED) is 0.643. The molecule has 30 heavy (non-hydrogen) atoms. The minimum atomic E-state index is -0.151. The molecule has 1 aromatic heterocycles. The van der Waals surface area contributed by atoms with E-state index in [4.69, 9.17) is 4.74 Å². The number of ether oxygens (including phenoxy) is 1. The van der Waals surface area contributed by atoms with Gasteiger partial charge in [0.1, 0.15) is 5.75 Å². The van der Waals surface area contributed by atoms with Gasteiger partial charge in [0, 0.05) is 18.5 Å². The number of benzene rings is 2. The van der Waals surface area contributed by atoms with Crippen molar-refractivity contribution in [2.45, 2.75) is 39.3 Å². The first-order valence-electron chi connectivity index (χ1n) is 10.4. The Morgan fingerprint density at radius 3 is 2.67 bits per heavy atom. The van der Waals surface area contributed by atoms with Crippen molar-refractivity contribution in [1.29, 1.82) is 0 Å². The molecule has 2 aromatic carbocycles. The first-order chi connectivity index (χ1) is 14.5. The molecule has 1 unspecified atom stereocenters. The summed E-state index contributed by atoms with van der Waals surface area (Å²) in [6.45, 7) is 5.21. The van der Waals surface area contributed by atoms with Crippen LogP contribution in [0.2, 0.25) is 0 Å². The summed E-state index contributed by atoms with van der Waals surface area (Å²) in [5.74, 6) is 0.894. The fourth-order valence-corrected chi connectivity index (χ4v) is 4.20. The minimum Gasteiger partial charge on any atom is -0.497 e. The summed E-state index contributed by atoms with van der Waals surface area (Å²) in [7, 11) is 1.64. The minimum absolute atomic E-state index is 0.0290. The van der Waals surface area contributed by atoms with Gasteiger partial charge in [0.15, 0.2) is 5.69 Å². The molecule has 4 rings (SSSR count). The lowest BCUT2D eigenvalue weighted by molar-refractivity contribution is 0.0728. The fraction of sp³-hybridized carbons (Fsp3) is 0.375. The van der Waals surface area contributed by atoms with Gasteiger partial charge in [0.2, 0.25) is 0 Å². The second-order valence-electron chi connectivity index (χ2n) is 8.21. The zero-order valence-electron chi connectivity index (χ0n) is 17.7. The van der Waals surface area contributed by atoms with Crippen molar-refractivity contribution in [3.05, 3.63) is 70.1 Å². The highest BCUT2D eigenvalue weighted by atomic mass is 16.5. The Balaban J connectivity index is 1.78. The van der Waals surface area contributed by atoms with Gasteiger partial charge < -0.3 is 9.64 Å². The summed E-state index contributed by atoms with van der Waals surface area (Å²) in [6, 6.07) is 15.1. The molecule has 3 aromatic rings. The lowest BCUT2D eigenvalue weighted by atomic mass is 10.0. The number of carbonyl (C=O) groups is 1. The summed E-state index contributed by atoms with van der Waals surface area (Å²) < 4.78 is 6.81. The lowest BCUT2D eigenvalue weighted by Gasteiger charge is -2.26. The number of carbonyl (C=O) groups excluding carboxylic acids is 1. The molecule has 1 atom stereocenters. The Hall–Kier alpha value is -3.15. The van der Waals surface area contributed by atoms with Crippen molar-refractivity contribution in [3.8, 4) is 5.75 Å². The Morgan fingerprint density at radius 1 is 1.17 bits per heavy atom. The second kappa shape index (κ2) is 8.30. The van der Waals surface area contributed by atoms with Crippen molar-refractivity contribution in [2.75, 3.05) is 13.7 Å². The molecular weight excluding hydrogens is 378 g/mol. The van der Waals surface area contributed by atoms with Crippen LogP contribution in [0, 0.1) is 5.92 Å². The monoisotopic (exact) mass is 405 g/mol. The number of methoxy groups -OCH3 is 1. The number of rotatable bonds is 5. The number of nitrogens with zero attached hydrogens (tertiary/aromatic N) is 3. The molecule has 156 valence electrons. The molecule has 0 bridgehead atoms. The molecule has 1 saturated heterocycles. The summed E-state index contributed by atoms with van der Waals surface area (Å²) in [6.07, 6.45) is 1.82. The first kappa shape index (κ1) is 20.1. The van der Waals surface area contributed by atoms with Gasteiger partial charge in [-0.25, -0.2) is 4.68 Å². The van der Waals surface area contributed by atoms with Gasteiger partial charge in [-0.2, -0.15) is 5.10 Å². The zero-order chi connectivity index (χ0) is 21.3. The lowest BCUT2D eigenvalue weighted by Crippen LogP contribution is -2.34. The maximum Gasteiger partial charge on any atom is 0.275 e. The molecule has 2 heterocycles. The Morgan fingerprint density at radius 2 is 1.93 bits per heavy atom. The van der Waals surface area contributed by atoms with Gasteiger partial charge in [-0.1, -0.05) is 44.2 Å². The van der Waals surface area contributed by atoms with Gasteiger partial charge in [-0.15, -0.1) is 0 Å². The van der Waals surface area contributed by atoms with Gasteiger partial charge in [-0.3, -0.25) is 9.59 Å². The van der Waals surface area contributed by atoms with Crippen LogP contribution in [-0.4, -0.2) is 34.2 Å². The van der Waals surface area contributed by atoms with Gasteiger partial charge in [0.25, 0.3) is 11.5 Å². The highest BCUT2D eigenvalue weighted by molar-refractivity contribution is 6.05. The summed E-state index contributed by atoms with van der Waals surface area (Å²) in [5.41, 5.74) is 1.25. The van der Waals surface area contributed by atoms with E-state index in [1.807, 2.05) is 61.2 Å². The molecule has 0 saturated carbocycles. The smallest absolute Gasteiger partial charge is 0.275 e. The molecule has 1 fully saturated rings. The molecular formula is C24H27N3O3. The number of hydrogen-bond acceptors (Lipinski definition) is 4. The molecule has 0 radical (unpaired) electrons. The first-order valence-corrected chi connectivity index (χ1v) is 10.4. The molecule has 0 spiro atoms. The molecule has 0 aliphatic carbocycles. The normalized spacial score (nSPS) is 16.4. The van der Waals surface area contributed by atoms with E-state index < -0.39 is 0 Å². The number of aromatic nitrogens is 2. The SMILES string of the molecule is COc1cccc(C2CCCN2C(=O)c2nn(CC(C)C)c(=O)c3ccccc23)c1. The van der Waals surface area contributed by atoms with Crippen LogP contribution in [0.1, 0.15) is 48.8 Å². The van der Waals surface area contributed by atoms with E-state index in [0.29, 0.717) is 29.6 Å². The zero-order valence-corrected chi connectivity index (χ0v) is 17.7. The van der Waals surface area contributed by atoms with E-state index >= 15 is 0 Å². The van der Waals surface area contributed by atoms with Crippen LogP contribution >= 0.6 is 0 Å². The third kappa shape index (κ3) is 3.70. The molecule has 1 aliphatic rings. The van der Waals surface area contributed by atoms with Gasteiger partial charge in [0.05, 0.1) is 18.5 Å². The van der Waals surface area contributed by atoms with Crippen molar-refractivity contribution in [1.82, 2.24) is 14.7 Å². The Kier molecular flexibility index (Phi) is 5.57. The van der Waals surface area contributed by atoms with E-state index in [0.717, 1.165) is 24.2 Å². The van der Waals surface area contributed by atoms with Crippen LogP contribution in [0.3, 0.4) is 0 Å². The standard InChI is InChI=1S/C24H27N3O3/c1-16(2)15-27-23(28)20-11-5-4-10-19(20)22(25-27)24(29)26-13-7-12-21(26)17-8-6-9-18(14-17)30-3/h4-6,8-11,14,16,21H,7,12-13,15H2,1-3H3. The number of amides is 1. The Labute approximate surface area is 176 Å². The maximum atomic E-state index is 13.7. The van der Waals surface area contributed by atoms with Crippen molar-refractivity contribution >= 4 is 16.7 Å². The predicted octanol–water partition coefficient (Wildman–Crippen LogP) is 4.04. The van der Waals surface area contributed by atoms with Crippen LogP contribution in [0.25, 0.3) is 10.8 Å². The van der Waals surface area contributed by atoms with E-state index in [9.17, 15) is 9.59 Å². The van der Waals surface area contributed by atoms with E-state index in [-0.39, 0.29) is 23.4 Å². The van der Waals surface area contributed by atoms with Crippen molar-refractivity contribution in [2.24, 2.45) is 5.92 Å². The number of hydrogen-bond donors (Lipinski definition) is 0. The highest BCUT2D eigenvalue weighted by Crippen LogP contribution is 2.35. The van der Waals surface area contributed by atoms with Gasteiger partial charge >= 0.3 is 0 Å². The summed E-state index contributed by atoms with van der Waals surface area (Å²) >= 11 is 0. The largest absolute Gasteiger partial charge is 0.497 e. The average Bonchev–Trinajstić information content (AvgIpc) is 3.25. The van der Waals surface area contributed by atoms with Crippen LogP contribution in [0.5, 0.6) is 5.75 Å². The molecule has 0 N–H and O–H groups in total. The van der Waals surface area contributed by atoms with Crippen molar-refractivity contribution < 1.29 is 9.53 Å². The Bertz CT molecular complexity index is 1140. The third-order valence-corrected chi connectivity index (χ3v) is 5.60. The second-order valence-corrected chi connectivity index (χ2v) is 8.21. The molecule has 6 heteroatoms. The summed E-state index contributed by atoms with van der Waals surface area (Å²) in [4.78, 5) is 28.4. The number of fused-ring (bicyclic) bond motifs is 1. The molecule has 1 aliphatic heterocycles. The fourth-order valence-electron chi connectivity index (χ4n) is 4.20. The summed E-state index contributed by atoms with van der Waals surface area (Å²) in [5, 5.41) is 5.69. The van der Waals surface area contributed by atoms with Crippen molar-refractivity contribution in [3.63, 3.8) is 0 Å². The topological polar surface area (TPSA) is 64.4 Å². The van der Waals surface area contributed by atoms with Crippen LogP contribution < -0.4 is 10.3 Å². The van der Waals surface area contributed by atoms with E-state index in [2.05, 4.69) is 5.10 Å². The van der Waals surface area contributed by atoms with Crippen LogP contribution in [-0.2, 0) is 6.54 Å². The van der Waals surface area contributed by atoms with E-state index in [1.165, 1.54) is 4.68 Å². The van der Waals surface area contributed by atoms with Crippen LogP contribution in [0.4, 0.5) is 0 Å². The molecule has 1 amide bonds. The maximum absolute atomic E-state index is 13.7. The number of likely N-dealkylation sites (tertiary alicyclic amines) is 1. The predicted molar refractivity (Wildman–Crippen MR) is 117 cm³/mol. The third-order valence-electron chi connectivity index (χ3n) is 5.60.